The molecule has 0 aliphatic heterocycles. The molecule has 0 aliphatic carbocycles. The summed E-state index contributed by atoms with van der Waals surface area (Å²) in [5.74, 6) is 0. The van der Waals surface area contributed by atoms with Gasteiger partial charge in [-0.2, -0.15) is 5.10 Å². The first-order chi connectivity index (χ1) is 10.5. The van der Waals surface area contributed by atoms with Gasteiger partial charge in [-0.15, -0.1) is 0 Å². The molecule has 0 bridgehead atoms. The Hall–Kier alpha value is -2.30. The van der Waals surface area contributed by atoms with Gasteiger partial charge >= 0.3 is 0 Å². The first kappa shape index (κ1) is 14.6. The maximum Gasteiger partial charge on any atom is 0.264 e. The van der Waals surface area contributed by atoms with Crippen LogP contribution in [-0.4, -0.2) is 14.8 Å². The highest BCUT2D eigenvalue weighted by Crippen LogP contribution is 2.30. The Balaban J connectivity index is 2.13. The fourth-order valence-corrected chi connectivity index (χ4v) is 2.67. The highest BCUT2D eigenvalue weighted by molar-refractivity contribution is 5.82. The van der Waals surface area contributed by atoms with E-state index in [0.29, 0.717) is 29.0 Å². The van der Waals surface area contributed by atoms with Crippen LogP contribution in [0.5, 0.6) is 0 Å². The molecule has 0 N–H and O–H groups in total. The molecule has 5 heteroatoms. The lowest BCUT2D eigenvalue weighted by Gasteiger charge is -2.07. The number of halogens is 2. The minimum atomic E-state index is -2.53. The number of benzene rings is 1. The summed E-state index contributed by atoms with van der Waals surface area (Å²) in [6, 6.07) is 9.52. The monoisotopic (exact) mass is 301 g/mol. The van der Waals surface area contributed by atoms with Crippen LogP contribution in [0.15, 0.2) is 30.3 Å². The summed E-state index contributed by atoms with van der Waals surface area (Å²) in [6.45, 7) is 6.02. The van der Waals surface area contributed by atoms with Crippen LogP contribution in [0.1, 0.15) is 34.5 Å². The lowest BCUT2D eigenvalue weighted by Crippen LogP contribution is -2.03. The normalized spacial score (nSPS) is 11.5. The molecule has 0 spiro atoms. The van der Waals surface area contributed by atoms with Gasteiger partial charge in [-0.25, -0.2) is 18.4 Å². The number of aryl methyl sites for hydroxylation is 3. The Kier molecular flexibility index (Phi) is 3.64. The molecule has 3 aromatic rings. The molecule has 0 saturated heterocycles. The fourth-order valence-electron chi connectivity index (χ4n) is 2.67. The first-order valence-corrected chi connectivity index (χ1v) is 7.14. The van der Waals surface area contributed by atoms with Crippen LogP contribution in [0, 0.1) is 20.8 Å². The minimum Gasteiger partial charge on any atom is -0.243 e. The van der Waals surface area contributed by atoms with Crippen molar-refractivity contribution >= 4 is 11.0 Å². The van der Waals surface area contributed by atoms with Gasteiger partial charge in [0.1, 0.15) is 0 Å². The Morgan fingerprint density at radius 2 is 1.77 bits per heavy atom. The van der Waals surface area contributed by atoms with Crippen molar-refractivity contribution in [2.24, 2.45) is 0 Å². The standard InChI is InChI=1S/C17H17F2N3/c1-10-4-6-13(7-5-10)9-22-17-15(12(3)21-22)14(16(18)19)8-11(2)20-17/h4-8,16H,9H2,1-3H3. The van der Waals surface area contributed by atoms with E-state index in [2.05, 4.69) is 10.1 Å². The van der Waals surface area contributed by atoms with Crippen molar-refractivity contribution in [2.75, 3.05) is 0 Å². The van der Waals surface area contributed by atoms with E-state index in [4.69, 9.17) is 0 Å². The van der Waals surface area contributed by atoms with Crippen LogP contribution in [0.4, 0.5) is 8.78 Å². The Morgan fingerprint density at radius 1 is 1.09 bits per heavy atom. The zero-order valence-corrected chi connectivity index (χ0v) is 12.8. The topological polar surface area (TPSA) is 30.7 Å². The third-order valence-corrected chi connectivity index (χ3v) is 3.72. The number of hydrogen-bond donors (Lipinski definition) is 0. The van der Waals surface area contributed by atoms with E-state index in [0.717, 1.165) is 5.56 Å². The second kappa shape index (κ2) is 5.48. The molecule has 0 atom stereocenters. The molecule has 0 aliphatic rings. The average Bonchev–Trinajstić information content (AvgIpc) is 2.77. The summed E-state index contributed by atoms with van der Waals surface area (Å²) in [7, 11) is 0. The molecule has 0 amide bonds. The predicted molar refractivity (Wildman–Crippen MR) is 82.2 cm³/mol. The van der Waals surface area contributed by atoms with Crippen LogP contribution in [0.25, 0.3) is 11.0 Å². The van der Waals surface area contributed by atoms with Crippen molar-refractivity contribution in [1.29, 1.82) is 0 Å². The van der Waals surface area contributed by atoms with Crippen molar-refractivity contribution in [3.05, 3.63) is 58.4 Å². The third kappa shape index (κ3) is 2.58. The highest BCUT2D eigenvalue weighted by atomic mass is 19.3. The van der Waals surface area contributed by atoms with Gasteiger partial charge in [0.15, 0.2) is 5.65 Å². The van der Waals surface area contributed by atoms with Crippen LogP contribution in [-0.2, 0) is 6.54 Å². The maximum atomic E-state index is 13.3. The highest BCUT2D eigenvalue weighted by Gasteiger charge is 2.19. The molecule has 3 nitrogen and oxygen atoms in total. The summed E-state index contributed by atoms with van der Waals surface area (Å²) in [4.78, 5) is 4.42. The summed E-state index contributed by atoms with van der Waals surface area (Å²) >= 11 is 0. The molecule has 0 saturated carbocycles. The molecule has 0 radical (unpaired) electrons. The summed E-state index contributed by atoms with van der Waals surface area (Å²) < 4.78 is 28.2. The number of nitrogens with zero attached hydrogens (tertiary/aromatic N) is 3. The molecule has 2 aromatic heterocycles. The molecule has 0 unspecified atom stereocenters. The second-order valence-electron chi connectivity index (χ2n) is 5.58. The number of hydrogen-bond acceptors (Lipinski definition) is 2. The molecule has 114 valence electrons. The van der Waals surface area contributed by atoms with Crippen LogP contribution < -0.4 is 0 Å². The van der Waals surface area contributed by atoms with Crippen molar-refractivity contribution in [3.8, 4) is 0 Å². The number of pyridine rings is 1. The second-order valence-corrected chi connectivity index (χ2v) is 5.58. The Labute approximate surface area is 127 Å². The Bertz CT molecular complexity index is 820. The fraction of sp³-hybridized carbons (Fsp3) is 0.294. The van der Waals surface area contributed by atoms with E-state index < -0.39 is 6.43 Å². The molecule has 22 heavy (non-hydrogen) atoms. The van der Waals surface area contributed by atoms with Crippen molar-refractivity contribution in [3.63, 3.8) is 0 Å². The molecule has 1 aromatic carbocycles. The molecular formula is C17H17F2N3. The summed E-state index contributed by atoms with van der Waals surface area (Å²) in [6.07, 6.45) is -2.53. The van der Waals surface area contributed by atoms with Gasteiger partial charge in [0.05, 0.1) is 17.6 Å². The van der Waals surface area contributed by atoms with Crippen LogP contribution in [0.3, 0.4) is 0 Å². The van der Waals surface area contributed by atoms with E-state index in [1.165, 1.54) is 11.6 Å². The zero-order valence-electron chi connectivity index (χ0n) is 12.8. The third-order valence-electron chi connectivity index (χ3n) is 3.72. The van der Waals surface area contributed by atoms with Crippen LogP contribution in [0.2, 0.25) is 0 Å². The zero-order chi connectivity index (χ0) is 15.9. The van der Waals surface area contributed by atoms with Crippen LogP contribution >= 0.6 is 0 Å². The van der Waals surface area contributed by atoms with E-state index in [1.54, 1.807) is 18.5 Å². The lowest BCUT2D eigenvalue weighted by atomic mass is 10.1. The van der Waals surface area contributed by atoms with Gasteiger partial charge in [-0.3, -0.25) is 0 Å². The lowest BCUT2D eigenvalue weighted by molar-refractivity contribution is 0.153. The minimum absolute atomic E-state index is 0.00940. The summed E-state index contributed by atoms with van der Waals surface area (Å²) in [5.41, 5.74) is 3.94. The summed E-state index contributed by atoms with van der Waals surface area (Å²) in [5, 5.41) is 4.88. The van der Waals surface area contributed by atoms with Crippen molar-refractivity contribution in [2.45, 2.75) is 33.7 Å². The average molecular weight is 301 g/mol. The van der Waals surface area contributed by atoms with E-state index in [9.17, 15) is 8.78 Å². The maximum absolute atomic E-state index is 13.3. The van der Waals surface area contributed by atoms with Gasteiger partial charge < -0.3 is 0 Å². The van der Waals surface area contributed by atoms with E-state index in [1.807, 2.05) is 31.2 Å². The van der Waals surface area contributed by atoms with Gasteiger partial charge in [-0.05, 0) is 32.4 Å². The van der Waals surface area contributed by atoms with Gasteiger partial charge in [0.2, 0.25) is 0 Å². The predicted octanol–water partition coefficient (Wildman–Crippen LogP) is 4.34. The Morgan fingerprint density at radius 3 is 2.41 bits per heavy atom. The van der Waals surface area contributed by atoms with E-state index >= 15 is 0 Å². The smallest absolute Gasteiger partial charge is 0.243 e. The van der Waals surface area contributed by atoms with E-state index in [-0.39, 0.29) is 5.56 Å². The molecular weight excluding hydrogens is 284 g/mol. The van der Waals surface area contributed by atoms with Gasteiger partial charge in [-0.1, -0.05) is 29.8 Å². The van der Waals surface area contributed by atoms with Crippen molar-refractivity contribution < 1.29 is 8.78 Å². The number of alkyl halides is 2. The SMILES string of the molecule is Cc1ccc(Cn2nc(C)c3c(C(F)F)cc(C)nc32)cc1. The van der Waals surface area contributed by atoms with Gasteiger partial charge in [0, 0.05) is 11.3 Å². The first-order valence-electron chi connectivity index (χ1n) is 7.14. The number of fused-ring (bicyclic) bond motifs is 1. The number of aromatic nitrogens is 3. The van der Waals surface area contributed by atoms with Crippen molar-refractivity contribution in [1.82, 2.24) is 14.8 Å². The quantitative estimate of drug-likeness (QED) is 0.720. The number of rotatable bonds is 3. The largest absolute Gasteiger partial charge is 0.264 e. The molecule has 0 fully saturated rings. The molecule has 3 rings (SSSR count). The van der Waals surface area contributed by atoms with Gasteiger partial charge in [0.25, 0.3) is 6.43 Å². The molecule has 2 heterocycles.